The number of nitrogens with one attached hydrogen (secondary N) is 1. The van der Waals surface area contributed by atoms with Crippen LogP contribution in [0.3, 0.4) is 0 Å². The molecule has 1 aliphatic heterocycles. The van der Waals surface area contributed by atoms with Crippen LogP contribution < -0.4 is 5.32 Å². The molecule has 1 aromatic rings. The monoisotopic (exact) mass is 296 g/mol. The normalized spacial score (nSPS) is 23.1. The van der Waals surface area contributed by atoms with Crippen molar-refractivity contribution in [3.63, 3.8) is 0 Å². The number of ether oxygens (including phenoxy) is 1. The van der Waals surface area contributed by atoms with Crippen molar-refractivity contribution in [2.45, 2.75) is 39.8 Å². The molecule has 0 bridgehead atoms. The minimum atomic E-state index is 0.289. The Hall–Kier alpha value is -0.420. The minimum Gasteiger partial charge on any atom is -0.381 e. The van der Waals surface area contributed by atoms with Crippen LogP contribution in [-0.4, -0.2) is 43.8 Å². The summed E-state index contributed by atoms with van der Waals surface area (Å²) < 4.78 is 5.71. The smallest absolute Gasteiger partial charge is 0.0547 e. The third-order valence-corrected chi connectivity index (χ3v) is 5.00. The van der Waals surface area contributed by atoms with E-state index in [9.17, 15) is 0 Å². The predicted octanol–water partition coefficient (Wildman–Crippen LogP) is 2.97. The van der Waals surface area contributed by atoms with Crippen LogP contribution in [0, 0.1) is 5.41 Å². The Labute approximate surface area is 127 Å². The highest BCUT2D eigenvalue weighted by molar-refractivity contribution is 7.09. The molecule has 1 atom stereocenters. The SMILES string of the molecule is CCNCC1(CN(Cc2cccs2)C(C)C)CCOC1. The lowest BCUT2D eigenvalue weighted by molar-refractivity contribution is 0.0894. The molecular formula is C16H28N2OS. The first kappa shape index (κ1) is 16.0. The molecule has 1 fully saturated rings. The Morgan fingerprint density at radius 1 is 1.50 bits per heavy atom. The van der Waals surface area contributed by atoms with Gasteiger partial charge in [-0.15, -0.1) is 11.3 Å². The number of nitrogens with zero attached hydrogens (tertiary/aromatic N) is 1. The summed E-state index contributed by atoms with van der Waals surface area (Å²) in [6, 6.07) is 4.95. The summed E-state index contributed by atoms with van der Waals surface area (Å²) in [6.45, 7) is 12.9. The number of rotatable bonds is 8. The molecule has 1 aromatic heterocycles. The van der Waals surface area contributed by atoms with Gasteiger partial charge in [-0.3, -0.25) is 4.90 Å². The molecule has 1 saturated heterocycles. The second-order valence-electron chi connectivity index (χ2n) is 6.16. The maximum Gasteiger partial charge on any atom is 0.0547 e. The Morgan fingerprint density at radius 2 is 2.35 bits per heavy atom. The van der Waals surface area contributed by atoms with Gasteiger partial charge >= 0.3 is 0 Å². The van der Waals surface area contributed by atoms with Crippen molar-refractivity contribution in [2.75, 3.05) is 32.8 Å². The third kappa shape index (κ3) is 4.29. The second kappa shape index (κ2) is 7.55. The lowest BCUT2D eigenvalue weighted by Gasteiger charge is -2.36. The molecule has 0 amide bonds. The molecule has 0 saturated carbocycles. The van der Waals surface area contributed by atoms with Crippen molar-refractivity contribution in [2.24, 2.45) is 5.41 Å². The Morgan fingerprint density at radius 3 is 2.90 bits per heavy atom. The molecule has 2 heterocycles. The molecule has 1 N–H and O–H groups in total. The average molecular weight is 296 g/mol. The van der Waals surface area contributed by atoms with Gasteiger partial charge in [0, 0.05) is 42.6 Å². The van der Waals surface area contributed by atoms with Crippen molar-refractivity contribution >= 4 is 11.3 Å². The summed E-state index contributed by atoms with van der Waals surface area (Å²) in [5.41, 5.74) is 0.289. The molecule has 1 unspecified atom stereocenters. The van der Waals surface area contributed by atoms with Gasteiger partial charge in [0.15, 0.2) is 0 Å². The van der Waals surface area contributed by atoms with Crippen molar-refractivity contribution in [3.05, 3.63) is 22.4 Å². The van der Waals surface area contributed by atoms with Crippen LogP contribution in [0.25, 0.3) is 0 Å². The maximum atomic E-state index is 5.71. The Kier molecular flexibility index (Phi) is 6.02. The van der Waals surface area contributed by atoms with E-state index in [4.69, 9.17) is 4.74 Å². The lowest BCUT2D eigenvalue weighted by Crippen LogP contribution is -2.46. The maximum absolute atomic E-state index is 5.71. The summed E-state index contributed by atoms with van der Waals surface area (Å²) in [6.07, 6.45) is 1.17. The fraction of sp³-hybridized carbons (Fsp3) is 0.750. The van der Waals surface area contributed by atoms with Gasteiger partial charge in [0.2, 0.25) is 0 Å². The van der Waals surface area contributed by atoms with Crippen LogP contribution in [-0.2, 0) is 11.3 Å². The first-order valence-corrected chi connectivity index (χ1v) is 8.58. The molecule has 0 spiro atoms. The van der Waals surface area contributed by atoms with Crippen LogP contribution in [0.5, 0.6) is 0 Å². The Balaban J connectivity index is 2.01. The van der Waals surface area contributed by atoms with E-state index in [2.05, 4.69) is 48.5 Å². The van der Waals surface area contributed by atoms with E-state index in [1.54, 1.807) is 0 Å². The van der Waals surface area contributed by atoms with Crippen LogP contribution >= 0.6 is 11.3 Å². The molecule has 0 aliphatic carbocycles. The third-order valence-electron chi connectivity index (χ3n) is 4.14. The van der Waals surface area contributed by atoms with Gasteiger partial charge in [-0.05, 0) is 38.3 Å². The largest absolute Gasteiger partial charge is 0.381 e. The summed E-state index contributed by atoms with van der Waals surface area (Å²) in [7, 11) is 0. The first-order chi connectivity index (χ1) is 9.65. The molecule has 3 nitrogen and oxygen atoms in total. The van der Waals surface area contributed by atoms with Crippen LogP contribution in [0.15, 0.2) is 17.5 Å². The van der Waals surface area contributed by atoms with Gasteiger partial charge in [-0.1, -0.05) is 13.0 Å². The molecule has 2 rings (SSSR count). The highest BCUT2D eigenvalue weighted by Gasteiger charge is 2.36. The van der Waals surface area contributed by atoms with Gasteiger partial charge in [0.05, 0.1) is 6.61 Å². The van der Waals surface area contributed by atoms with E-state index in [1.807, 2.05) is 11.3 Å². The summed E-state index contributed by atoms with van der Waals surface area (Å²) in [5, 5.41) is 5.70. The summed E-state index contributed by atoms with van der Waals surface area (Å²) in [4.78, 5) is 4.05. The van der Waals surface area contributed by atoms with Gasteiger partial charge in [0.1, 0.15) is 0 Å². The van der Waals surface area contributed by atoms with Crippen molar-refractivity contribution < 1.29 is 4.74 Å². The zero-order chi connectivity index (χ0) is 14.4. The molecule has 0 aromatic carbocycles. The summed E-state index contributed by atoms with van der Waals surface area (Å²) in [5.74, 6) is 0. The highest BCUT2D eigenvalue weighted by Crippen LogP contribution is 2.30. The molecule has 4 heteroatoms. The fourth-order valence-electron chi connectivity index (χ4n) is 2.81. The lowest BCUT2D eigenvalue weighted by atomic mass is 9.86. The summed E-state index contributed by atoms with van der Waals surface area (Å²) >= 11 is 1.85. The number of hydrogen-bond acceptors (Lipinski definition) is 4. The van der Waals surface area contributed by atoms with Crippen molar-refractivity contribution in [1.29, 1.82) is 0 Å². The Bertz CT molecular complexity index is 372. The van der Waals surface area contributed by atoms with Crippen molar-refractivity contribution in [1.82, 2.24) is 10.2 Å². The first-order valence-electron chi connectivity index (χ1n) is 7.70. The van der Waals surface area contributed by atoms with E-state index in [0.717, 1.165) is 39.4 Å². The van der Waals surface area contributed by atoms with Crippen molar-refractivity contribution in [3.8, 4) is 0 Å². The molecule has 114 valence electrons. The number of hydrogen-bond donors (Lipinski definition) is 1. The predicted molar refractivity (Wildman–Crippen MR) is 86.3 cm³/mol. The molecule has 20 heavy (non-hydrogen) atoms. The topological polar surface area (TPSA) is 24.5 Å². The zero-order valence-electron chi connectivity index (χ0n) is 13.0. The highest BCUT2D eigenvalue weighted by atomic mass is 32.1. The van der Waals surface area contributed by atoms with Crippen LogP contribution in [0.2, 0.25) is 0 Å². The quantitative estimate of drug-likeness (QED) is 0.798. The van der Waals surface area contributed by atoms with E-state index in [0.29, 0.717) is 6.04 Å². The van der Waals surface area contributed by atoms with Gasteiger partial charge in [-0.2, -0.15) is 0 Å². The molecular weight excluding hydrogens is 268 g/mol. The molecule has 1 aliphatic rings. The van der Waals surface area contributed by atoms with E-state index in [-0.39, 0.29) is 5.41 Å². The average Bonchev–Trinajstić information content (AvgIpc) is 3.08. The second-order valence-corrected chi connectivity index (χ2v) is 7.19. The van der Waals surface area contributed by atoms with Gasteiger partial charge in [-0.25, -0.2) is 0 Å². The minimum absolute atomic E-state index is 0.289. The van der Waals surface area contributed by atoms with Crippen LogP contribution in [0.1, 0.15) is 32.1 Å². The van der Waals surface area contributed by atoms with E-state index in [1.165, 1.54) is 11.3 Å². The van der Waals surface area contributed by atoms with Crippen LogP contribution in [0.4, 0.5) is 0 Å². The van der Waals surface area contributed by atoms with E-state index >= 15 is 0 Å². The fourth-order valence-corrected chi connectivity index (χ4v) is 3.54. The van der Waals surface area contributed by atoms with Gasteiger partial charge < -0.3 is 10.1 Å². The van der Waals surface area contributed by atoms with E-state index < -0.39 is 0 Å². The standard InChI is InChI=1S/C16H28N2OS/c1-4-17-11-16(7-8-19-13-16)12-18(14(2)3)10-15-6-5-9-20-15/h5-6,9,14,17H,4,7-8,10-13H2,1-3H3. The zero-order valence-corrected chi connectivity index (χ0v) is 13.8. The molecule has 0 radical (unpaired) electrons. The van der Waals surface area contributed by atoms with Gasteiger partial charge in [0.25, 0.3) is 0 Å². The number of thiophene rings is 1.